The van der Waals surface area contributed by atoms with Crippen LogP contribution in [0.2, 0.25) is 0 Å². The van der Waals surface area contributed by atoms with Gasteiger partial charge in [-0.05, 0) is 117 Å². The normalized spacial score (nSPS) is 30.8. The quantitative estimate of drug-likeness (QED) is 0.180. The minimum Gasteiger partial charge on any atom is -0.481 e. The fourth-order valence-corrected chi connectivity index (χ4v) is 9.93. The first-order chi connectivity index (χ1) is 21.3. The van der Waals surface area contributed by atoms with Gasteiger partial charge in [-0.3, -0.25) is 4.79 Å². The molecule has 0 saturated heterocycles. The number of aromatic nitrogens is 1. The van der Waals surface area contributed by atoms with Gasteiger partial charge in [0, 0.05) is 6.20 Å². The maximum Gasteiger partial charge on any atom is 0.417 e. The van der Waals surface area contributed by atoms with Crippen LogP contribution in [0.25, 0.3) is 0 Å². The summed E-state index contributed by atoms with van der Waals surface area (Å²) >= 11 is 0. The van der Waals surface area contributed by atoms with Gasteiger partial charge in [-0.2, -0.15) is 13.2 Å². The van der Waals surface area contributed by atoms with E-state index in [0.29, 0.717) is 36.3 Å². The SMILES string of the molecule is CC(C[C@H]1CC(C(CC2CC2)C(=O)O)C[C@@H]1C1C=C(F)C=CC1)C1CCCC(CCS(=O)(=O)c2ccc(C(F)(F)F)cn2)CC1. The highest BCUT2D eigenvalue weighted by Crippen LogP contribution is 2.52. The van der Waals surface area contributed by atoms with Crippen molar-refractivity contribution in [2.75, 3.05) is 5.75 Å². The number of allylic oxidation sites excluding steroid dienone is 4. The zero-order chi connectivity index (χ0) is 32.4. The van der Waals surface area contributed by atoms with Gasteiger partial charge in [0.05, 0.1) is 17.2 Å². The largest absolute Gasteiger partial charge is 0.481 e. The van der Waals surface area contributed by atoms with Crippen LogP contribution in [0.1, 0.15) is 96.0 Å². The lowest BCUT2D eigenvalue weighted by Gasteiger charge is -2.31. The molecule has 1 N–H and O–H groups in total. The summed E-state index contributed by atoms with van der Waals surface area (Å²) in [5.74, 6) is 1.22. The van der Waals surface area contributed by atoms with Gasteiger partial charge in [-0.25, -0.2) is 17.8 Å². The van der Waals surface area contributed by atoms with Crippen molar-refractivity contribution in [3.8, 4) is 0 Å². The maximum absolute atomic E-state index is 14.3. The molecule has 0 radical (unpaired) electrons. The minimum absolute atomic E-state index is 0.104. The van der Waals surface area contributed by atoms with Gasteiger partial charge in [0.2, 0.25) is 0 Å². The predicted octanol–water partition coefficient (Wildman–Crippen LogP) is 9.06. The van der Waals surface area contributed by atoms with Crippen molar-refractivity contribution in [2.24, 2.45) is 53.3 Å². The number of carbonyl (C=O) groups is 1. The van der Waals surface area contributed by atoms with Crippen LogP contribution in [0.3, 0.4) is 0 Å². The Bertz CT molecular complexity index is 1340. The van der Waals surface area contributed by atoms with Crippen LogP contribution in [0, 0.1) is 53.3 Å². The average Bonchev–Trinajstić information content (AvgIpc) is 3.77. The Morgan fingerprint density at radius 2 is 1.78 bits per heavy atom. The highest BCUT2D eigenvalue weighted by atomic mass is 32.2. The predicted molar refractivity (Wildman–Crippen MR) is 164 cm³/mol. The molecule has 5 rings (SSSR count). The Kier molecular flexibility index (Phi) is 10.8. The van der Waals surface area contributed by atoms with E-state index in [2.05, 4.69) is 11.9 Å². The van der Waals surface area contributed by atoms with E-state index in [9.17, 15) is 35.9 Å². The molecule has 4 aliphatic rings. The van der Waals surface area contributed by atoms with Gasteiger partial charge in [-0.1, -0.05) is 51.5 Å². The molecule has 3 saturated carbocycles. The molecule has 0 aliphatic heterocycles. The number of hydrogen-bond donors (Lipinski definition) is 1. The third-order valence-corrected chi connectivity index (χ3v) is 13.0. The number of carboxylic acids is 1. The summed E-state index contributed by atoms with van der Waals surface area (Å²) in [5.41, 5.74) is -0.969. The van der Waals surface area contributed by atoms with E-state index in [1.807, 2.05) is 6.08 Å². The van der Waals surface area contributed by atoms with Crippen molar-refractivity contribution < 1.29 is 35.9 Å². The Hall–Kier alpha value is -2.23. The second-order valence-electron chi connectivity index (χ2n) is 14.5. The molecule has 10 heteroatoms. The van der Waals surface area contributed by atoms with Gasteiger partial charge in [0.25, 0.3) is 0 Å². The van der Waals surface area contributed by atoms with Crippen LogP contribution < -0.4 is 0 Å². The highest BCUT2D eigenvalue weighted by Gasteiger charge is 2.45. The van der Waals surface area contributed by atoms with Crippen LogP contribution >= 0.6 is 0 Å². The fourth-order valence-electron chi connectivity index (χ4n) is 8.59. The standard InChI is InChI=1S/C35H47F4NO4S/c1-22(16-27-18-28(32(34(41)42)17-24-8-9-24)20-31(27)26-6-3-7-30(36)19-26)25-5-2-4-23(10-11-25)14-15-45(43,44)33-13-12-29(21-40-33)35(37,38)39/h3,7,12-13,19,21-28,31-32H,2,4-6,8-11,14-18,20H2,1H3,(H,41,42)/t22?,23?,25?,26?,27-,28?,31+,32?/m0/s1. The number of nitrogens with zero attached hydrogens (tertiary/aromatic N) is 1. The van der Waals surface area contributed by atoms with Crippen LogP contribution in [0.4, 0.5) is 17.6 Å². The second kappa shape index (κ2) is 14.3. The first-order valence-electron chi connectivity index (χ1n) is 16.8. The van der Waals surface area contributed by atoms with Crippen LogP contribution in [-0.2, 0) is 20.8 Å². The van der Waals surface area contributed by atoms with Crippen molar-refractivity contribution in [3.63, 3.8) is 0 Å². The van der Waals surface area contributed by atoms with Gasteiger partial charge >= 0.3 is 12.1 Å². The zero-order valence-corrected chi connectivity index (χ0v) is 26.9. The molecular formula is C35H47F4NO4S. The topological polar surface area (TPSA) is 84.3 Å². The zero-order valence-electron chi connectivity index (χ0n) is 26.1. The minimum atomic E-state index is -4.57. The Morgan fingerprint density at radius 1 is 1.02 bits per heavy atom. The number of aliphatic carboxylic acids is 1. The van der Waals surface area contributed by atoms with E-state index in [1.54, 1.807) is 6.08 Å². The molecule has 3 fully saturated rings. The monoisotopic (exact) mass is 653 g/mol. The van der Waals surface area contributed by atoms with Crippen molar-refractivity contribution in [3.05, 3.63) is 47.9 Å². The summed E-state index contributed by atoms with van der Waals surface area (Å²) in [6, 6.07) is 1.71. The number of rotatable bonds is 12. The molecule has 0 amide bonds. The Morgan fingerprint density at radius 3 is 2.42 bits per heavy atom. The summed E-state index contributed by atoms with van der Waals surface area (Å²) in [6.45, 7) is 2.30. The summed E-state index contributed by atoms with van der Waals surface area (Å²) < 4.78 is 78.5. The van der Waals surface area contributed by atoms with Crippen molar-refractivity contribution in [1.82, 2.24) is 4.98 Å². The summed E-state index contributed by atoms with van der Waals surface area (Å²) in [6.07, 6.45) is 13.1. The summed E-state index contributed by atoms with van der Waals surface area (Å²) in [7, 11) is -3.78. The van der Waals surface area contributed by atoms with Crippen LogP contribution in [0.15, 0.2) is 47.4 Å². The van der Waals surface area contributed by atoms with Gasteiger partial charge in [0.1, 0.15) is 5.83 Å². The van der Waals surface area contributed by atoms with E-state index in [1.165, 1.54) is 6.08 Å². The average molecular weight is 654 g/mol. The van der Waals surface area contributed by atoms with E-state index >= 15 is 0 Å². The van der Waals surface area contributed by atoms with Crippen molar-refractivity contribution in [1.29, 1.82) is 0 Å². The van der Waals surface area contributed by atoms with Crippen molar-refractivity contribution >= 4 is 15.8 Å². The molecule has 0 bridgehead atoms. The number of pyridine rings is 1. The second-order valence-corrected chi connectivity index (χ2v) is 16.5. The third-order valence-electron chi connectivity index (χ3n) is 11.4. The summed E-state index contributed by atoms with van der Waals surface area (Å²) in [5, 5.41) is 9.80. The molecule has 0 spiro atoms. The maximum atomic E-state index is 14.3. The Labute approximate surface area is 264 Å². The Balaban J connectivity index is 1.17. The van der Waals surface area contributed by atoms with E-state index in [0.717, 1.165) is 89.2 Å². The highest BCUT2D eigenvalue weighted by molar-refractivity contribution is 7.91. The molecular weight excluding hydrogens is 606 g/mol. The first kappa shape index (κ1) is 34.1. The lowest BCUT2D eigenvalue weighted by atomic mass is 9.74. The number of sulfone groups is 1. The number of hydrogen-bond acceptors (Lipinski definition) is 4. The molecule has 0 aromatic carbocycles. The first-order valence-corrected chi connectivity index (χ1v) is 18.5. The smallest absolute Gasteiger partial charge is 0.417 e. The molecule has 8 atom stereocenters. The van der Waals surface area contributed by atoms with E-state index < -0.39 is 27.5 Å². The van der Waals surface area contributed by atoms with E-state index in [4.69, 9.17) is 0 Å². The lowest BCUT2D eigenvalue weighted by molar-refractivity contribution is -0.144. The van der Waals surface area contributed by atoms with Gasteiger partial charge in [-0.15, -0.1) is 0 Å². The van der Waals surface area contributed by atoms with Crippen LogP contribution in [-0.4, -0.2) is 30.2 Å². The molecule has 5 nitrogen and oxygen atoms in total. The summed E-state index contributed by atoms with van der Waals surface area (Å²) in [4.78, 5) is 15.9. The molecule has 45 heavy (non-hydrogen) atoms. The molecule has 250 valence electrons. The molecule has 1 aromatic rings. The number of halogens is 4. The molecule has 4 aliphatic carbocycles. The lowest BCUT2D eigenvalue weighted by Crippen LogP contribution is -2.23. The van der Waals surface area contributed by atoms with Gasteiger partial charge in [0.15, 0.2) is 14.9 Å². The van der Waals surface area contributed by atoms with E-state index in [-0.39, 0.29) is 46.2 Å². The molecule has 6 unspecified atom stereocenters. The third kappa shape index (κ3) is 8.98. The number of alkyl halides is 3. The number of carboxylic acid groups (broad SMARTS) is 1. The molecule has 1 heterocycles. The van der Waals surface area contributed by atoms with Gasteiger partial charge < -0.3 is 5.11 Å². The fraction of sp³-hybridized carbons (Fsp3) is 0.714. The van der Waals surface area contributed by atoms with Crippen molar-refractivity contribution in [2.45, 2.75) is 102 Å². The van der Waals surface area contributed by atoms with Crippen LogP contribution in [0.5, 0.6) is 0 Å². The molecule has 1 aromatic heterocycles.